The number of rotatable bonds is 10. The molecule has 0 aliphatic rings. The summed E-state index contributed by atoms with van der Waals surface area (Å²) in [7, 11) is 0. The minimum atomic E-state index is -1.46. The number of hydrogen-bond donors (Lipinski definition) is 4. The SMILES string of the molecule is CCCCNC(=O)C(c1ccccc1O)N(CC#N)C(=O)C(CO)NC(=O)OC(C)(C)C. The van der Waals surface area contributed by atoms with Crippen LogP contribution in [0.4, 0.5) is 4.79 Å². The molecule has 1 rings (SSSR count). The second-order valence-electron chi connectivity index (χ2n) is 8.11. The van der Waals surface area contributed by atoms with Gasteiger partial charge in [-0.15, -0.1) is 0 Å². The Hall–Kier alpha value is -3.32. The van der Waals surface area contributed by atoms with E-state index in [1.54, 1.807) is 32.9 Å². The van der Waals surface area contributed by atoms with Gasteiger partial charge in [0.2, 0.25) is 11.8 Å². The third-order valence-electron chi connectivity index (χ3n) is 4.32. The largest absolute Gasteiger partial charge is 0.508 e. The van der Waals surface area contributed by atoms with E-state index in [9.17, 15) is 29.9 Å². The Kier molecular flexibility index (Phi) is 10.4. The third-order valence-corrected chi connectivity index (χ3v) is 4.32. The summed E-state index contributed by atoms with van der Waals surface area (Å²) in [6.45, 7) is 5.90. The number of nitrogens with one attached hydrogen (secondary N) is 2. The Morgan fingerprint density at radius 1 is 1.25 bits per heavy atom. The smallest absolute Gasteiger partial charge is 0.408 e. The lowest BCUT2D eigenvalue weighted by atomic mass is 10.0. The molecule has 1 aromatic rings. The number of nitrogens with zero attached hydrogens (tertiary/aromatic N) is 2. The second-order valence-corrected chi connectivity index (χ2v) is 8.11. The summed E-state index contributed by atoms with van der Waals surface area (Å²) in [5, 5.41) is 34.4. The van der Waals surface area contributed by atoms with Crippen molar-refractivity contribution in [2.75, 3.05) is 19.7 Å². The van der Waals surface area contributed by atoms with Crippen molar-refractivity contribution in [3.05, 3.63) is 29.8 Å². The van der Waals surface area contributed by atoms with Crippen molar-refractivity contribution < 1.29 is 29.3 Å². The van der Waals surface area contributed by atoms with Crippen LogP contribution in [-0.4, -0.2) is 64.4 Å². The number of ether oxygens (including phenoxy) is 1. The Morgan fingerprint density at radius 2 is 1.91 bits per heavy atom. The van der Waals surface area contributed by atoms with E-state index in [0.29, 0.717) is 13.0 Å². The number of alkyl carbamates (subject to hydrolysis) is 1. The van der Waals surface area contributed by atoms with Gasteiger partial charge in [0.15, 0.2) is 0 Å². The zero-order valence-electron chi connectivity index (χ0n) is 18.9. The molecule has 0 spiro atoms. The molecule has 0 saturated carbocycles. The average Bonchev–Trinajstić information content (AvgIpc) is 2.71. The molecule has 0 fully saturated rings. The first kappa shape index (κ1) is 26.7. The number of aliphatic hydroxyl groups excluding tert-OH is 1. The van der Waals surface area contributed by atoms with Crippen LogP contribution in [-0.2, 0) is 14.3 Å². The fraction of sp³-hybridized carbons (Fsp3) is 0.545. The molecule has 176 valence electrons. The van der Waals surface area contributed by atoms with E-state index in [0.717, 1.165) is 11.3 Å². The van der Waals surface area contributed by atoms with Crippen LogP contribution in [0.3, 0.4) is 0 Å². The van der Waals surface area contributed by atoms with Gasteiger partial charge in [-0.2, -0.15) is 5.26 Å². The van der Waals surface area contributed by atoms with Crippen LogP contribution in [0.2, 0.25) is 0 Å². The van der Waals surface area contributed by atoms with E-state index in [1.165, 1.54) is 12.1 Å². The Labute approximate surface area is 188 Å². The van der Waals surface area contributed by atoms with Crippen molar-refractivity contribution >= 4 is 17.9 Å². The fourth-order valence-corrected chi connectivity index (χ4v) is 2.86. The van der Waals surface area contributed by atoms with Crippen molar-refractivity contribution in [3.8, 4) is 11.8 Å². The van der Waals surface area contributed by atoms with Gasteiger partial charge < -0.3 is 30.5 Å². The number of nitriles is 1. The van der Waals surface area contributed by atoms with Crippen LogP contribution < -0.4 is 10.6 Å². The topological polar surface area (TPSA) is 152 Å². The first-order chi connectivity index (χ1) is 15.1. The summed E-state index contributed by atoms with van der Waals surface area (Å²) in [5.74, 6) is -1.71. The molecule has 10 heteroatoms. The number of carbonyl (C=O) groups excluding carboxylic acids is 3. The Balaban J connectivity index is 3.29. The molecule has 0 aliphatic carbocycles. The molecule has 10 nitrogen and oxygen atoms in total. The van der Waals surface area contributed by atoms with Crippen molar-refractivity contribution in [1.29, 1.82) is 5.26 Å². The second kappa shape index (κ2) is 12.5. The van der Waals surface area contributed by atoms with Gasteiger partial charge in [0.05, 0.1) is 12.7 Å². The van der Waals surface area contributed by atoms with Crippen LogP contribution in [0.5, 0.6) is 5.75 Å². The number of para-hydroxylation sites is 1. The first-order valence-corrected chi connectivity index (χ1v) is 10.4. The summed E-state index contributed by atoms with van der Waals surface area (Å²) < 4.78 is 5.12. The number of aliphatic hydroxyl groups is 1. The molecule has 0 aliphatic heterocycles. The minimum absolute atomic E-state index is 0.110. The van der Waals surface area contributed by atoms with Crippen LogP contribution in [0.15, 0.2) is 24.3 Å². The average molecular weight is 449 g/mol. The molecule has 4 N–H and O–H groups in total. The first-order valence-electron chi connectivity index (χ1n) is 10.4. The maximum atomic E-state index is 13.2. The predicted octanol–water partition coefficient (Wildman–Crippen LogP) is 1.59. The number of phenolic OH excluding ortho intramolecular Hbond substituents is 1. The van der Waals surface area contributed by atoms with Crippen LogP contribution in [0, 0.1) is 11.3 Å². The maximum absolute atomic E-state index is 13.2. The summed E-state index contributed by atoms with van der Waals surface area (Å²) in [4.78, 5) is 39.2. The highest BCUT2D eigenvalue weighted by Gasteiger charge is 2.37. The lowest BCUT2D eigenvalue weighted by Crippen LogP contribution is -2.54. The summed E-state index contributed by atoms with van der Waals surface area (Å²) >= 11 is 0. The minimum Gasteiger partial charge on any atom is -0.508 e. The molecular weight excluding hydrogens is 416 g/mol. The van der Waals surface area contributed by atoms with Crippen molar-refractivity contribution in [1.82, 2.24) is 15.5 Å². The zero-order valence-corrected chi connectivity index (χ0v) is 18.9. The lowest BCUT2D eigenvalue weighted by Gasteiger charge is -2.32. The molecule has 3 amide bonds. The fourth-order valence-electron chi connectivity index (χ4n) is 2.86. The normalized spacial score (nSPS) is 12.8. The van der Waals surface area contributed by atoms with Crippen LogP contribution in [0.25, 0.3) is 0 Å². The van der Waals surface area contributed by atoms with E-state index in [1.807, 2.05) is 13.0 Å². The van der Waals surface area contributed by atoms with Crippen LogP contribution >= 0.6 is 0 Å². The van der Waals surface area contributed by atoms with Gasteiger partial charge in [0, 0.05) is 12.1 Å². The molecular formula is C22H32N4O6. The standard InChI is InChI=1S/C22H32N4O6/c1-5-6-12-24-19(29)18(15-9-7-8-10-17(15)28)26(13-11-23)20(30)16(14-27)25-21(31)32-22(2,3)4/h7-10,16,18,27-28H,5-6,12-14H2,1-4H3,(H,24,29)(H,25,31). The van der Waals surface area contributed by atoms with Gasteiger partial charge in [-0.1, -0.05) is 31.5 Å². The van der Waals surface area contributed by atoms with Crippen molar-refractivity contribution in [2.24, 2.45) is 0 Å². The van der Waals surface area contributed by atoms with Crippen molar-refractivity contribution in [3.63, 3.8) is 0 Å². The number of aromatic hydroxyl groups is 1. The Bertz CT molecular complexity index is 830. The molecule has 0 bridgehead atoms. The van der Waals surface area contributed by atoms with E-state index >= 15 is 0 Å². The number of carbonyl (C=O) groups is 3. The number of amides is 3. The van der Waals surface area contributed by atoms with Gasteiger partial charge >= 0.3 is 6.09 Å². The molecule has 2 unspecified atom stereocenters. The predicted molar refractivity (Wildman–Crippen MR) is 116 cm³/mol. The van der Waals surface area contributed by atoms with Crippen molar-refractivity contribution in [2.45, 2.75) is 58.2 Å². The summed E-state index contributed by atoms with van der Waals surface area (Å²) in [5.41, 5.74) is -0.726. The van der Waals surface area contributed by atoms with Gasteiger partial charge in [0.1, 0.15) is 30.0 Å². The molecule has 1 aromatic carbocycles. The highest BCUT2D eigenvalue weighted by molar-refractivity contribution is 5.92. The summed E-state index contributed by atoms with van der Waals surface area (Å²) in [6.07, 6.45) is 0.591. The van der Waals surface area contributed by atoms with Gasteiger partial charge in [0.25, 0.3) is 0 Å². The van der Waals surface area contributed by atoms with E-state index < -0.39 is 48.7 Å². The molecule has 0 saturated heterocycles. The zero-order chi connectivity index (χ0) is 24.3. The molecule has 2 atom stereocenters. The van der Waals surface area contributed by atoms with Gasteiger partial charge in [-0.05, 0) is 33.3 Å². The highest BCUT2D eigenvalue weighted by Crippen LogP contribution is 2.29. The summed E-state index contributed by atoms with van der Waals surface area (Å²) in [6, 6.07) is 4.98. The number of benzene rings is 1. The maximum Gasteiger partial charge on any atom is 0.408 e. The molecule has 0 heterocycles. The van der Waals surface area contributed by atoms with E-state index in [4.69, 9.17) is 4.74 Å². The number of unbranched alkanes of at least 4 members (excludes halogenated alkanes) is 1. The molecule has 0 aromatic heterocycles. The quantitative estimate of drug-likeness (QED) is 0.313. The Morgan fingerprint density at radius 3 is 2.44 bits per heavy atom. The van der Waals surface area contributed by atoms with E-state index in [-0.39, 0.29) is 11.3 Å². The number of hydrogen-bond acceptors (Lipinski definition) is 7. The van der Waals surface area contributed by atoms with Gasteiger partial charge in [-0.3, -0.25) is 9.59 Å². The molecule has 32 heavy (non-hydrogen) atoms. The molecule has 0 radical (unpaired) electrons. The number of phenols is 1. The van der Waals surface area contributed by atoms with E-state index in [2.05, 4.69) is 10.6 Å². The highest BCUT2D eigenvalue weighted by atomic mass is 16.6. The van der Waals surface area contributed by atoms with Crippen LogP contribution in [0.1, 0.15) is 52.1 Å². The third kappa shape index (κ3) is 8.07. The van der Waals surface area contributed by atoms with Gasteiger partial charge in [-0.25, -0.2) is 4.79 Å². The monoisotopic (exact) mass is 448 g/mol. The lowest BCUT2D eigenvalue weighted by molar-refractivity contribution is -0.142.